The van der Waals surface area contributed by atoms with Crippen LogP contribution in [0.4, 0.5) is 0 Å². The topological polar surface area (TPSA) is 47.6 Å². The quantitative estimate of drug-likeness (QED) is 0.797. The van der Waals surface area contributed by atoms with Gasteiger partial charge >= 0.3 is 0 Å². The number of halogens is 1. The number of carbonyl (C=O) groups excluding carboxylic acids is 1. The molecule has 0 fully saturated rings. The van der Waals surface area contributed by atoms with Gasteiger partial charge in [-0.15, -0.1) is 0 Å². The summed E-state index contributed by atoms with van der Waals surface area (Å²) in [6.07, 6.45) is 0. The van der Waals surface area contributed by atoms with E-state index in [-0.39, 0.29) is 5.91 Å². The molecular weight excluding hydrogens is 302 g/mol. The first kappa shape index (κ1) is 16.3. The smallest absolute Gasteiger partial charge is 0.251 e. The molecule has 2 aromatic rings. The molecule has 22 heavy (non-hydrogen) atoms. The minimum absolute atomic E-state index is 0.132. The van der Waals surface area contributed by atoms with Crippen molar-refractivity contribution in [3.8, 4) is 5.75 Å². The molecule has 0 aliphatic rings. The highest BCUT2D eigenvalue weighted by atomic mass is 35.5. The predicted octanol–water partition coefficient (Wildman–Crippen LogP) is 3.30. The molecule has 0 aliphatic heterocycles. The maximum absolute atomic E-state index is 12.0. The summed E-state index contributed by atoms with van der Waals surface area (Å²) in [5, 5.41) is 3.44. The highest BCUT2D eigenvalue weighted by Gasteiger charge is 2.05. The molecule has 116 valence electrons. The molecule has 0 heterocycles. The summed E-state index contributed by atoms with van der Waals surface area (Å²) in [5.74, 6) is 0.552. The van der Waals surface area contributed by atoms with E-state index in [1.54, 1.807) is 25.3 Å². The lowest BCUT2D eigenvalue weighted by atomic mass is 10.1. The Morgan fingerprint density at radius 1 is 1.18 bits per heavy atom. The lowest BCUT2D eigenvalue weighted by Crippen LogP contribution is -2.28. The highest BCUT2D eigenvalue weighted by molar-refractivity contribution is 6.30. The van der Waals surface area contributed by atoms with Crippen molar-refractivity contribution < 1.29 is 14.3 Å². The van der Waals surface area contributed by atoms with Crippen LogP contribution >= 0.6 is 11.6 Å². The molecular formula is C17H18ClNO3. The molecule has 5 heteroatoms. The van der Waals surface area contributed by atoms with Gasteiger partial charge in [0.05, 0.1) is 13.2 Å². The third-order valence-corrected chi connectivity index (χ3v) is 3.19. The number of rotatable bonds is 7. The summed E-state index contributed by atoms with van der Waals surface area (Å²) < 4.78 is 10.6. The zero-order valence-electron chi connectivity index (χ0n) is 12.3. The Bertz CT molecular complexity index is 631. The van der Waals surface area contributed by atoms with Crippen LogP contribution in [-0.4, -0.2) is 26.2 Å². The Balaban J connectivity index is 1.79. The SMILES string of the molecule is COCc1cccc(C(=O)NCCOc2cccc(Cl)c2)c1. The average Bonchev–Trinajstić information content (AvgIpc) is 2.52. The minimum Gasteiger partial charge on any atom is -0.492 e. The molecule has 0 atom stereocenters. The molecule has 1 N–H and O–H groups in total. The van der Waals surface area contributed by atoms with Gasteiger partial charge in [0.15, 0.2) is 0 Å². The number of benzene rings is 2. The van der Waals surface area contributed by atoms with Gasteiger partial charge in [-0.05, 0) is 35.9 Å². The first-order valence-electron chi connectivity index (χ1n) is 6.93. The van der Waals surface area contributed by atoms with Crippen molar-refractivity contribution in [1.82, 2.24) is 5.32 Å². The summed E-state index contributed by atoms with van der Waals surface area (Å²) in [5.41, 5.74) is 1.57. The van der Waals surface area contributed by atoms with Crippen molar-refractivity contribution in [3.05, 3.63) is 64.7 Å². The lowest BCUT2D eigenvalue weighted by Gasteiger charge is -2.09. The first-order valence-corrected chi connectivity index (χ1v) is 7.31. The van der Waals surface area contributed by atoms with Crippen LogP contribution in [0.3, 0.4) is 0 Å². The Morgan fingerprint density at radius 2 is 2.00 bits per heavy atom. The van der Waals surface area contributed by atoms with Crippen LogP contribution in [-0.2, 0) is 11.3 Å². The van der Waals surface area contributed by atoms with Gasteiger partial charge in [0.2, 0.25) is 0 Å². The van der Waals surface area contributed by atoms with Crippen molar-refractivity contribution in [2.75, 3.05) is 20.3 Å². The van der Waals surface area contributed by atoms with Crippen molar-refractivity contribution in [3.63, 3.8) is 0 Å². The third-order valence-electron chi connectivity index (χ3n) is 2.95. The molecule has 1 amide bonds. The van der Waals surface area contributed by atoms with E-state index in [1.165, 1.54) is 0 Å². The van der Waals surface area contributed by atoms with Crippen LogP contribution in [0.5, 0.6) is 5.75 Å². The van der Waals surface area contributed by atoms with Crippen LogP contribution in [0.1, 0.15) is 15.9 Å². The number of amides is 1. The number of methoxy groups -OCH3 is 1. The highest BCUT2D eigenvalue weighted by Crippen LogP contribution is 2.16. The molecule has 0 unspecified atom stereocenters. The molecule has 2 rings (SSSR count). The van der Waals surface area contributed by atoms with E-state index < -0.39 is 0 Å². The van der Waals surface area contributed by atoms with Gasteiger partial charge < -0.3 is 14.8 Å². The summed E-state index contributed by atoms with van der Waals surface area (Å²) in [7, 11) is 1.62. The lowest BCUT2D eigenvalue weighted by molar-refractivity contribution is 0.0946. The van der Waals surface area contributed by atoms with Crippen molar-refractivity contribution in [2.45, 2.75) is 6.61 Å². The second kappa shape index (κ2) is 8.41. The van der Waals surface area contributed by atoms with E-state index in [0.29, 0.717) is 36.1 Å². The molecule has 0 aliphatic carbocycles. The summed E-state index contributed by atoms with van der Waals surface area (Å²) >= 11 is 5.87. The molecule has 0 radical (unpaired) electrons. The van der Waals surface area contributed by atoms with Crippen LogP contribution in [0.15, 0.2) is 48.5 Å². The van der Waals surface area contributed by atoms with Gasteiger partial charge in [-0.1, -0.05) is 29.8 Å². The zero-order valence-corrected chi connectivity index (χ0v) is 13.1. The fourth-order valence-corrected chi connectivity index (χ4v) is 2.14. The zero-order chi connectivity index (χ0) is 15.8. The van der Waals surface area contributed by atoms with Gasteiger partial charge in [-0.3, -0.25) is 4.79 Å². The Kier molecular flexibility index (Phi) is 6.25. The first-order chi connectivity index (χ1) is 10.7. The summed E-state index contributed by atoms with van der Waals surface area (Å²) in [6, 6.07) is 14.5. The number of hydrogen-bond donors (Lipinski definition) is 1. The Hall–Kier alpha value is -2.04. The van der Waals surface area contributed by atoms with E-state index >= 15 is 0 Å². The van der Waals surface area contributed by atoms with Gasteiger partial charge in [-0.2, -0.15) is 0 Å². The molecule has 0 aromatic heterocycles. The Labute approximate surface area is 135 Å². The van der Waals surface area contributed by atoms with Crippen LogP contribution in [0, 0.1) is 0 Å². The van der Waals surface area contributed by atoms with Crippen LogP contribution < -0.4 is 10.1 Å². The van der Waals surface area contributed by atoms with E-state index in [2.05, 4.69) is 5.32 Å². The van der Waals surface area contributed by atoms with Gasteiger partial charge in [-0.25, -0.2) is 0 Å². The Morgan fingerprint density at radius 3 is 2.77 bits per heavy atom. The molecule has 0 spiro atoms. The predicted molar refractivity (Wildman–Crippen MR) is 86.4 cm³/mol. The normalized spacial score (nSPS) is 10.3. The fourth-order valence-electron chi connectivity index (χ4n) is 1.96. The van der Waals surface area contributed by atoms with E-state index in [1.807, 2.05) is 30.3 Å². The standard InChI is InChI=1S/C17H18ClNO3/c1-21-12-13-4-2-5-14(10-13)17(20)19-8-9-22-16-7-3-6-15(18)11-16/h2-7,10-11H,8-9,12H2,1H3,(H,19,20). The van der Waals surface area contributed by atoms with Crippen LogP contribution in [0.25, 0.3) is 0 Å². The average molecular weight is 320 g/mol. The van der Waals surface area contributed by atoms with E-state index in [0.717, 1.165) is 5.56 Å². The number of ether oxygens (including phenoxy) is 2. The third kappa shape index (κ3) is 5.06. The van der Waals surface area contributed by atoms with Crippen LogP contribution in [0.2, 0.25) is 5.02 Å². The van der Waals surface area contributed by atoms with Crippen molar-refractivity contribution in [2.24, 2.45) is 0 Å². The van der Waals surface area contributed by atoms with Gasteiger partial charge in [0.1, 0.15) is 12.4 Å². The summed E-state index contributed by atoms with van der Waals surface area (Å²) in [6.45, 7) is 1.28. The minimum atomic E-state index is -0.132. The van der Waals surface area contributed by atoms with E-state index in [9.17, 15) is 4.79 Å². The summed E-state index contributed by atoms with van der Waals surface area (Å²) in [4.78, 5) is 12.0. The molecule has 0 bridgehead atoms. The molecule has 4 nitrogen and oxygen atoms in total. The van der Waals surface area contributed by atoms with Gasteiger partial charge in [0, 0.05) is 17.7 Å². The second-order valence-corrected chi connectivity index (χ2v) is 5.13. The fraction of sp³-hybridized carbons (Fsp3) is 0.235. The maximum Gasteiger partial charge on any atom is 0.251 e. The van der Waals surface area contributed by atoms with Gasteiger partial charge in [0.25, 0.3) is 5.91 Å². The van der Waals surface area contributed by atoms with E-state index in [4.69, 9.17) is 21.1 Å². The second-order valence-electron chi connectivity index (χ2n) is 4.70. The maximum atomic E-state index is 12.0. The largest absolute Gasteiger partial charge is 0.492 e. The number of nitrogens with one attached hydrogen (secondary N) is 1. The molecule has 2 aromatic carbocycles. The van der Waals surface area contributed by atoms with Crippen molar-refractivity contribution >= 4 is 17.5 Å². The number of carbonyl (C=O) groups is 1. The van der Waals surface area contributed by atoms with Crippen molar-refractivity contribution in [1.29, 1.82) is 0 Å². The number of hydrogen-bond acceptors (Lipinski definition) is 3. The molecule has 0 saturated carbocycles. The monoisotopic (exact) mass is 319 g/mol. The molecule has 0 saturated heterocycles.